The van der Waals surface area contributed by atoms with E-state index in [0.29, 0.717) is 5.92 Å². The lowest BCUT2D eigenvalue weighted by atomic mass is 9.83. The summed E-state index contributed by atoms with van der Waals surface area (Å²) < 4.78 is 0. The van der Waals surface area contributed by atoms with Gasteiger partial charge in [0.25, 0.3) is 0 Å². The Kier molecular flexibility index (Phi) is 5.76. The molecule has 0 saturated heterocycles. The molecule has 0 radical (unpaired) electrons. The molecule has 0 saturated carbocycles. The van der Waals surface area contributed by atoms with Gasteiger partial charge in [0, 0.05) is 11.6 Å². The summed E-state index contributed by atoms with van der Waals surface area (Å²) in [5, 5.41) is 8.40. The van der Waals surface area contributed by atoms with E-state index in [1.54, 1.807) is 0 Å². The first kappa shape index (κ1) is 16.7. The Morgan fingerprint density at radius 3 is 2.73 bits per heavy atom. The van der Waals surface area contributed by atoms with E-state index < -0.39 is 0 Å². The smallest absolute Gasteiger partial charge is 0.0188 e. The van der Waals surface area contributed by atoms with Gasteiger partial charge in [-0.3, -0.25) is 0 Å². The fourth-order valence-electron chi connectivity index (χ4n) is 3.24. The lowest BCUT2D eigenvalue weighted by Crippen LogP contribution is -2.22. The summed E-state index contributed by atoms with van der Waals surface area (Å²) >= 11 is 0. The predicted molar refractivity (Wildman–Crippen MR) is 97.6 cm³/mol. The molecular formula is C21H29N. The normalized spacial score (nSPS) is 15.4. The highest BCUT2D eigenvalue weighted by molar-refractivity contribution is 5.88. The zero-order valence-electron chi connectivity index (χ0n) is 14.3. The maximum atomic E-state index is 8.40. The molecule has 1 aromatic carbocycles. The molecule has 0 aliphatic heterocycles. The maximum absolute atomic E-state index is 8.40. The van der Waals surface area contributed by atoms with Gasteiger partial charge in [-0.1, -0.05) is 63.3 Å². The van der Waals surface area contributed by atoms with Crippen LogP contribution in [0.15, 0.2) is 36.4 Å². The molecule has 1 unspecified atom stereocenters. The molecule has 2 atom stereocenters. The van der Waals surface area contributed by atoms with E-state index >= 15 is 0 Å². The maximum Gasteiger partial charge on any atom is 0.0188 e. The zero-order chi connectivity index (χ0) is 16.1. The van der Waals surface area contributed by atoms with Crippen LogP contribution in [-0.4, -0.2) is 5.71 Å². The zero-order valence-corrected chi connectivity index (χ0v) is 14.3. The summed E-state index contributed by atoms with van der Waals surface area (Å²) in [6.07, 6.45) is 9.57. The van der Waals surface area contributed by atoms with Gasteiger partial charge in [-0.05, 0) is 54.7 Å². The number of hydrogen-bond acceptors (Lipinski definition) is 1. The second kappa shape index (κ2) is 7.58. The molecular weight excluding hydrogens is 266 g/mol. The molecule has 0 aromatic heterocycles. The molecule has 1 heteroatoms. The Morgan fingerprint density at radius 2 is 2.05 bits per heavy atom. The topological polar surface area (TPSA) is 23.9 Å². The average Bonchev–Trinajstić information content (AvgIpc) is 3.00. The number of rotatable bonds is 8. The van der Waals surface area contributed by atoms with Crippen molar-refractivity contribution in [2.45, 2.75) is 52.9 Å². The van der Waals surface area contributed by atoms with Gasteiger partial charge in [-0.2, -0.15) is 0 Å². The Morgan fingerprint density at radius 1 is 1.27 bits per heavy atom. The number of hydrogen-bond donors (Lipinski definition) is 1. The van der Waals surface area contributed by atoms with Gasteiger partial charge in [0.1, 0.15) is 0 Å². The number of nitrogens with one attached hydrogen (secondary N) is 1. The molecule has 0 bridgehead atoms. The van der Waals surface area contributed by atoms with Crippen LogP contribution < -0.4 is 0 Å². The first-order valence-electron chi connectivity index (χ1n) is 8.61. The molecule has 0 spiro atoms. The van der Waals surface area contributed by atoms with Crippen molar-refractivity contribution in [2.24, 2.45) is 11.8 Å². The van der Waals surface area contributed by atoms with Crippen LogP contribution in [0.4, 0.5) is 0 Å². The van der Waals surface area contributed by atoms with Crippen LogP contribution in [0.3, 0.4) is 0 Å². The van der Waals surface area contributed by atoms with Gasteiger partial charge in [-0.25, -0.2) is 0 Å². The van der Waals surface area contributed by atoms with E-state index in [4.69, 9.17) is 5.41 Å². The third-order valence-corrected chi connectivity index (χ3v) is 5.00. The van der Waals surface area contributed by atoms with Gasteiger partial charge < -0.3 is 5.41 Å². The number of benzene rings is 1. The summed E-state index contributed by atoms with van der Waals surface area (Å²) in [6, 6.07) is 6.81. The minimum atomic E-state index is 0.256. The highest BCUT2D eigenvalue weighted by atomic mass is 14.5. The second-order valence-electron chi connectivity index (χ2n) is 6.52. The van der Waals surface area contributed by atoms with Gasteiger partial charge in [0.05, 0.1) is 0 Å². The minimum Gasteiger partial charge on any atom is -0.309 e. The predicted octanol–water partition coefficient (Wildman–Crippen LogP) is 5.84. The fourth-order valence-corrected chi connectivity index (χ4v) is 3.24. The summed E-state index contributed by atoms with van der Waals surface area (Å²) in [4.78, 5) is 0. The average molecular weight is 295 g/mol. The van der Waals surface area contributed by atoms with Crippen molar-refractivity contribution in [1.29, 1.82) is 5.41 Å². The van der Waals surface area contributed by atoms with Crippen LogP contribution in [0.25, 0.3) is 6.08 Å². The molecule has 2 rings (SSSR count). The summed E-state index contributed by atoms with van der Waals surface area (Å²) in [5.74, 6) is 0.624. The van der Waals surface area contributed by atoms with Crippen LogP contribution in [0.1, 0.15) is 56.7 Å². The highest BCUT2D eigenvalue weighted by Crippen LogP contribution is 2.26. The van der Waals surface area contributed by atoms with Gasteiger partial charge in [0.2, 0.25) is 0 Å². The molecule has 118 valence electrons. The molecule has 1 aliphatic carbocycles. The lowest BCUT2D eigenvalue weighted by molar-refractivity contribution is 0.636. The van der Waals surface area contributed by atoms with E-state index in [1.165, 1.54) is 22.3 Å². The van der Waals surface area contributed by atoms with Crippen molar-refractivity contribution >= 4 is 11.8 Å². The van der Waals surface area contributed by atoms with Crippen LogP contribution in [-0.2, 0) is 12.8 Å². The highest BCUT2D eigenvalue weighted by Gasteiger charge is 2.20. The van der Waals surface area contributed by atoms with Gasteiger partial charge in [0.15, 0.2) is 0 Å². The van der Waals surface area contributed by atoms with E-state index in [-0.39, 0.29) is 5.92 Å². The third kappa shape index (κ3) is 3.76. The van der Waals surface area contributed by atoms with E-state index in [2.05, 4.69) is 57.7 Å². The Balaban J connectivity index is 1.95. The van der Waals surface area contributed by atoms with E-state index in [9.17, 15) is 0 Å². The number of fused-ring (bicyclic) bond motifs is 1. The van der Waals surface area contributed by atoms with Crippen molar-refractivity contribution in [3.63, 3.8) is 0 Å². The molecule has 0 amide bonds. The number of aryl methyl sites for hydroxylation is 1. The third-order valence-electron chi connectivity index (χ3n) is 5.00. The van der Waals surface area contributed by atoms with Crippen LogP contribution in [0.5, 0.6) is 0 Å². The Hall–Kier alpha value is -1.63. The molecule has 1 aromatic rings. The first-order valence-corrected chi connectivity index (χ1v) is 8.61. The largest absolute Gasteiger partial charge is 0.309 e. The van der Waals surface area contributed by atoms with Crippen LogP contribution in [0.2, 0.25) is 0 Å². The van der Waals surface area contributed by atoms with Crippen molar-refractivity contribution in [1.82, 2.24) is 0 Å². The SMILES string of the molecule is C=C(CCc1ccc2c(c1)CC=C2)C(CC)C(=N)[C@@H](C)CC. The number of allylic oxidation sites excluding steroid dienone is 2. The molecule has 1 aliphatic rings. The first-order chi connectivity index (χ1) is 10.6. The van der Waals surface area contributed by atoms with Crippen LogP contribution >= 0.6 is 0 Å². The van der Waals surface area contributed by atoms with Crippen LogP contribution in [0, 0.1) is 17.2 Å². The van der Waals surface area contributed by atoms with Crippen molar-refractivity contribution in [2.75, 3.05) is 0 Å². The molecule has 22 heavy (non-hydrogen) atoms. The Bertz CT molecular complexity index is 580. The molecule has 0 fully saturated rings. The van der Waals surface area contributed by atoms with E-state index in [0.717, 1.165) is 37.8 Å². The lowest BCUT2D eigenvalue weighted by Gasteiger charge is -2.23. The summed E-state index contributed by atoms with van der Waals surface area (Å²) in [5.41, 5.74) is 6.31. The van der Waals surface area contributed by atoms with Crippen molar-refractivity contribution < 1.29 is 0 Å². The van der Waals surface area contributed by atoms with E-state index in [1.807, 2.05) is 0 Å². The fraction of sp³-hybridized carbons (Fsp3) is 0.476. The van der Waals surface area contributed by atoms with Crippen molar-refractivity contribution in [3.8, 4) is 0 Å². The second-order valence-corrected chi connectivity index (χ2v) is 6.52. The van der Waals surface area contributed by atoms with Gasteiger partial charge >= 0.3 is 0 Å². The Labute approximate surface area is 135 Å². The standard InChI is InChI=1S/C21H29N/c1-5-15(3)21(22)20(6-2)16(4)10-11-17-12-13-18-8-7-9-19(18)14-17/h7-8,12-15,20,22H,4-6,9-11H2,1-3H3/t15-,20?/m0/s1. The minimum absolute atomic E-state index is 0.256. The summed E-state index contributed by atoms with van der Waals surface area (Å²) in [7, 11) is 0. The summed E-state index contributed by atoms with van der Waals surface area (Å²) in [6.45, 7) is 10.8. The molecule has 1 N–H and O–H groups in total. The van der Waals surface area contributed by atoms with Gasteiger partial charge in [-0.15, -0.1) is 0 Å². The molecule has 1 nitrogen and oxygen atoms in total. The quantitative estimate of drug-likeness (QED) is 0.460. The molecule has 0 heterocycles. The van der Waals surface area contributed by atoms with Crippen molar-refractivity contribution in [3.05, 3.63) is 53.1 Å². The monoisotopic (exact) mass is 295 g/mol.